The van der Waals surface area contributed by atoms with Gasteiger partial charge >= 0.3 is 6.18 Å². The number of anilines is 1. The van der Waals surface area contributed by atoms with Crippen molar-refractivity contribution in [1.29, 1.82) is 0 Å². The average molecular weight is 553 g/mol. The molecule has 13 heteroatoms. The zero-order valence-corrected chi connectivity index (χ0v) is 21.6. The van der Waals surface area contributed by atoms with E-state index in [1.807, 2.05) is 35.0 Å². The number of benzene rings is 2. The molecule has 0 saturated carbocycles. The van der Waals surface area contributed by atoms with E-state index in [-0.39, 0.29) is 5.91 Å². The molecule has 1 fully saturated rings. The minimum Gasteiger partial charge on any atom is -0.353 e. The van der Waals surface area contributed by atoms with Crippen molar-refractivity contribution in [1.82, 2.24) is 34.9 Å². The molecule has 200 valence electrons. The van der Waals surface area contributed by atoms with Crippen LogP contribution < -0.4 is 10.2 Å². The van der Waals surface area contributed by atoms with Crippen molar-refractivity contribution in [3.63, 3.8) is 0 Å². The number of alkyl halides is 3. The van der Waals surface area contributed by atoms with Gasteiger partial charge in [-0.25, -0.2) is 19.6 Å². The number of hydrogen-bond donors (Lipinski definition) is 1. The van der Waals surface area contributed by atoms with E-state index in [1.54, 1.807) is 23.0 Å². The number of rotatable bonds is 5. The quantitative estimate of drug-likeness (QED) is 0.354. The van der Waals surface area contributed by atoms with Gasteiger partial charge < -0.3 is 10.2 Å². The molecule has 0 unspecified atom stereocenters. The Balaban J connectivity index is 1.20. The SMILES string of the molecule is CN1CCN(c2ncnc3nn(-c4ccc(C(F)(F)F)cc4)cc23)C[C@@H]1C(=O)NCc1ccc2scnc2c1. The van der Waals surface area contributed by atoms with Crippen LogP contribution in [0.1, 0.15) is 11.1 Å². The number of carbonyl (C=O) groups excluding carboxylic acids is 1. The first kappa shape index (κ1) is 25.2. The molecule has 5 aromatic rings. The van der Waals surface area contributed by atoms with E-state index in [0.29, 0.717) is 48.7 Å². The van der Waals surface area contributed by atoms with E-state index in [1.165, 1.54) is 23.1 Å². The second-order valence-electron chi connectivity index (χ2n) is 9.37. The topological polar surface area (TPSA) is 92.1 Å². The molecule has 0 aliphatic carbocycles. The molecule has 1 aliphatic rings. The highest BCUT2D eigenvalue weighted by atomic mass is 32.1. The van der Waals surface area contributed by atoms with Crippen molar-refractivity contribution in [2.45, 2.75) is 18.8 Å². The van der Waals surface area contributed by atoms with Crippen molar-refractivity contribution < 1.29 is 18.0 Å². The molecule has 1 amide bonds. The van der Waals surface area contributed by atoms with Crippen molar-refractivity contribution in [3.8, 4) is 5.69 Å². The van der Waals surface area contributed by atoms with Crippen molar-refractivity contribution in [2.24, 2.45) is 0 Å². The third-order valence-electron chi connectivity index (χ3n) is 6.87. The molecule has 0 radical (unpaired) electrons. The van der Waals surface area contributed by atoms with Gasteiger partial charge in [0.1, 0.15) is 18.2 Å². The maximum absolute atomic E-state index is 13.2. The molecule has 4 heterocycles. The first-order valence-electron chi connectivity index (χ1n) is 12.2. The van der Waals surface area contributed by atoms with Crippen LogP contribution in [-0.2, 0) is 17.5 Å². The van der Waals surface area contributed by atoms with E-state index in [9.17, 15) is 18.0 Å². The Kier molecular flexibility index (Phi) is 6.39. The lowest BCUT2D eigenvalue weighted by atomic mass is 10.1. The fourth-order valence-corrected chi connectivity index (χ4v) is 5.34. The van der Waals surface area contributed by atoms with Crippen molar-refractivity contribution >= 4 is 44.3 Å². The van der Waals surface area contributed by atoms with Crippen LogP contribution in [0.2, 0.25) is 0 Å². The van der Waals surface area contributed by atoms with Gasteiger partial charge in [0.2, 0.25) is 5.91 Å². The molecule has 6 rings (SSSR count). The summed E-state index contributed by atoms with van der Waals surface area (Å²) in [5.74, 6) is 0.532. The predicted octanol–water partition coefficient (Wildman–Crippen LogP) is 3.88. The number of aromatic nitrogens is 5. The maximum Gasteiger partial charge on any atom is 0.416 e. The molecule has 0 spiro atoms. The van der Waals surface area contributed by atoms with Gasteiger partial charge in [-0.15, -0.1) is 16.4 Å². The largest absolute Gasteiger partial charge is 0.416 e. The number of piperazine rings is 1. The Morgan fingerprint density at radius 1 is 1.10 bits per heavy atom. The van der Waals surface area contributed by atoms with E-state index in [2.05, 4.69) is 25.4 Å². The number of likely N-dealkylation sites (N-methyl/N-ethyl adjacent to an activating group) is 1. The van der Waals surface area contributed by atoms with Gasteiger partial charge in [0, 0.05) is 32.4 Å². The smallest absolute Gasteiger partial charge is 0.353 e. The third-order valence-corrected chi connectivity index (χ3v) is 7.68. The van der Waals surface area contributed by atoms with Crippen LogP contribution in [0.4, 0.5) is 19.0 Å². The Labute approximate surface area is 224 Å². The van der Waals surface area contributed by atoms with Crippen LogP contribution in [0, 0.1) is 0 Å². The first-order valence-corrected chi connectivity index (χ1v) is 13.1. The average Bonchev–Trinajstić information content (AvgIpc) is 3.58. The zero-order chi connectivity index (χ0) is 27.1. The summed E-state index contributed by atoms with van der Waals surface area (Å²) in [6.07, 6.45) is -1.30. The second kappa shape index (κ2) is 9.89. The Morgan fingerprint density at radius 3 is 2.72 bits per heavy atom. The summed E-state index contributed by atoms with van der Waals surface area (Å²) in [4.78, 5) is 30.3. The molecular formula is C26H23F3N8OS. The highest BCUT2D eigenvalue weighted by molar-refractivity contribution is 7.16. The summed E-state index contributed by atoms with van der Waals surface area (Å²) >= 11 is 1.58. The monoisotopic (exact) mass is 552 g/mol. The van der Waals surface area contributed by atoms with E-state index >= 15 is 0 Å². The van der Waals surface area contributed by atoms with Gasteiger partial charge in [-0.3, -0.25) is 9.69 Å². The molecule has 3 aromatic heterocycles. The first-order chi connectivity index (χ1) is 18.8. The minimum absolute atomic E-state index is 0.0914. The Bertz CT molecular complexity index is 1650. The standard InChI is InChI=1S/C26H23F3N8OS/c1-35-8-9-36(13-21(35)25(38)30-11-16-2-7-22-20(10-16)33-15-39-22)24-19-12-37(34-23(19)31-14-32-24)18-5-3-17(4-6-18)26(27,28)29/h2-7,10,12,14-15,21H,8-9,11,13H2,1H3,(H,30,38)/t21-/m1/s1. The second-order valence-corrected chi connectivity index (χ2v) is 10.3. The van der Waals surface area contributed by atoms with Crippen LogP contribution in [0.15, 0.2) is 60.5 Å². The minimum atomic E-state index is -4.41. The molecule has 1 saturated heterocycles. The van der Waals surface area contributed by atoms with Gasteiger partial charge in [-0.1, -0.05) is 6.07 Å². The molecule has 1 N–H and O–H groups in total. The lowest BCUT2D eigenvalue weighted by Gasteiger charge is -2.39. The van der Waals surface area contributed by atoms with Gasteiger partial charge in [0.25, 0.3) is 0 Å². The summed E-state index contributed by atoms with van der Waals surface area (Å²) < 4.78 is 41.5. The van der Waals surface area contributed by atoms with E-state index in [0.717, 1.165) is 27.9 Å². The number of fused-ring (bicyclic) bond motifs is 2. The van der Waals surface area contributed by atoms with Crippen LogP contribution >= 0.6 is 11.3 Å². The van der Waals surface area contributed by atoms with Crippen LogP contribution in [0.5, 0.6) is 0 Å². The fraction of sp³-hybridized carbons (Fsp3) is 0.269. The number of carbonyl (C=O) groups is 1. The summed E-state index contributed by atoms with van der Waals surface area (Å²) in [6.45, 7) is 2.08. The highest BCUT2D eigenvalue weighted by Gasteiger charge is 2.32. The highest BCUT2D eigenvalue weighted by Crippen LogP contribution is 2.30. The molecule has 1 aliphatic heterocycles. The molecule has 2 aromatic carbocycles. The van der Waals surface area contributed by atoms with Crippen LogP contribution in [0.3, 0.4) is 0 Å². The molecule has 9 nitrogen and oxygen atoms in total. The van der Waals surface area contributed by atoms with Gasteiger partial charge in [-0.05, 0) is 49.0 Å². The number of nitrogens with zero attached hydrogens (tertiary/aromatic N) is 7. The summed E-state index contributed by atoms with van der Waals surface area (Å²) in [5.41, 5.74) is 3.85. The third kappa shape index (κ3) is 5.02. The number of amides is 1. The maximum atomic E-state index is 13.2. The number of thiazole rings is 1. The normalized spacial score (nSPS) is 16.7. The Morgan fingerprint density at radius 2 is 1.92 bits per heavy atom. The number of hydrogen-bond acceptors (Lipinski definition) is 8. The van der Waals surface area contributed by atoms with Crippen LogP contribution in [0.25, 0.3) is 26.9 Å². The number of nitrogens with one attached hydrogen (secondary N) is 1. The van der Waals surface area contributed by atoms with Gasteiger partial charge in [0.05, 0.1) is 32.4 Å². The summed E-state index contributed by atoms with van der Waals surface area (Å²) in [5, 5.41) is 8.14. The fourth-order valence-electron chi connectivity index (χ4n) is 4.68. The summed E-state index contributed by atoms with van der Waals surface area (Å²) in [7, 11) is 1.92. The molecule has 0 bridgehead atoms. The Hall–Kier alpha value is -4.10. The van der Waals surface area contributed by atoms with Crippen molar-refractivity contribution in [2.75, 3.05) is 31.6 Å². The molecular weight excluding hydrogens is 529 g/mol. The van der Waals surface area contributed by atoms with Gasteiger partial charge in [0.15, 0.2) is 5.65 Å². The molecule has 1 atom stereocenters. The van der Waals surface area contributed by atoms with E-state index < -0.39 is 17.8 Å². The van der Waals surface area contributed by atoms with Crippen molar-refractivity contribution in [3.05, 3.63) is 71.6 Å². The van der Waals surface area contributed by atoms with E-state index in [4.69, 9.17) is 0 Å². The van der Waals surface area contributed by atoms with Crippen LogP contribution in [-0.4, -0.2) is 68.3 Å². The zero-order valence-electron chi connectivity index (χ0n) is 20.8. The summed E-state index contributed by atoms with van der Waals surface area (Å²) in [6, 6.07) is 10.3. The number of halogens is 3. The lowest BCUT2D eigenvalue weighted by Crippen LogP contribution is -2.57. The lowest BCUT2D eigenvalue weighted by molar-refractivity contribution is -0.137. The predicted molar refractivity (Wildman–Crippen MR) is 142 cm³/mol. The molecule has 39 heavy (non-hydrogen) atoms. The van der Waals surface area contributed by atoms with Gasteiger partial charge in [-0.2, -0.15) is 13.2 Å².